The fourth-order valence-corrected chi connectivity index (χ4v) is 2.47. The maximum atomic E-state index is 10.2. The summed E-state index contributed by atoms with van der Waals surface area (Å²) in [6.45, 7) is 0.786. The van der Waals surface area contributed by atoms with Crippen LogP contribution in [-0.2, 0) is 13.6 Å². The van der Waals surface area contributed by atoms with E-state index in [1.807, 2.05) is 60.4 Å². The number of hydrogen-bond acceptors (Lipinski definition) is 2. The molecule has 0 aliphatic rings. The summed E-state index contributed by atoms with van der Waals surface area (Å²) in [5.74, 6) is 0.777. The first-order chi connectivity index (χ1) is 10.2. The van der Waals surface area contributed by atoms with Crippen molar-refractivity contribution in [2.75, 3.05) is 6.61 Å². The number of rotatable bonds is 5. The number of imidazole rings is 1. The Kier molecular flexibility index (Phi) is 3.88. The van der Waals surface area contributed by atoms with Gasteiger partial charge in [-0.25, -0.2) is 9.13 Å². The molecule has 3 aromatic rings. The molecule has 0 fully saturated rings. The molecule has 0 amide bonds. The predicted octanol–water partition coefficient (Wildman–Crippen LogP) is 1.91. The van der Waals surface area contributed by atoms with Crippen LogP contribution in [0.15, 0.2) is 60.9 Å². The van der Waals surface area contributed by atoms with E-state index in [4.69, 9.17) is 4.74 Å². The summed E-state index contributed by atoms with van der Waals surface area (Å²) >= 11 is 0. The van der Waals surface area contributed by atoms with Crippen molar-refractivity contribution in [2.24, 2.45) is 7.05 Å². The topological polar surface area (TPSA) is 38.3 Å². The lowest BCUT2D eigenvalue weighted by Crippen LogP contribution is -2.27. The third-order valence-corrected chi connectivity index (χ3v) is 3.48. The third-order valence-electron chi connectivity index (χ3n) is 3.48. The summed E-state index contributed by atoms with van der Waals surface area (Å²) in [5, 5.41) is 10.2. The minimum atomic E-state index is -0.555. The first-order valence-electron chi connectivity index (χ1n) is 7.03. The maximum Gasteiger partial charge on any atom is 0.244 e. The zero-order valence-electron chi connectivity index (χ0n) is 12.0. The van der Waals surface area contributed by atoms with Crippen LogP contribution in [0.2, 0.25) is 0 Å². The summed E-state index contributed by atoms with van der Waals surface area (Å²) in [7, 11) is 2.01. The summed E-state index contributed by atoms with van der Waals surface area (Å²) in [5.41, 5.74) is 2.26. The Balaban J connectivity index is 1.68. The van der Waals surface area contributed by atoms with Crippen LogP contribution >= 0.6 is 0 Å². The second kappa shape index (κ2) is 5.97. The van der Waals surface area contributed by atoms with E-state index in [0.29, 0.717) is 6.54 Å². The Labute approximate surface area is 123 Å². The molecular formula is C17H19N2O2+. The van der Waals surface area contributed by atoms with Crippen LogP contribution in [0, 0.1) is 0 Å². The van der Waals surface area contributed by atoms with E-state index < -0.39 is 6.10 Å². The number of nitrogens with zero attached hydrogens (tertiary/aromatic N) is 2. The fourth-order valence-electron chi connectivity index (χ4n) is 2.47. The number of aryl methyl sites for hydroxylation is 1. The molecule has 1 N–H and O–H groups in total. The smallest absolute Gasteiger partial charge is 0.244 e. The van der Waals surface area contributed by atoms with Gasteiger partial charge in [-0.2, -0.15) is 0 Å². The van der Waals surface area contributed by atoms with Crippen molar-refractivity contribution in [3.05, 3.63) is 60.9 Å². The number of fused-ring (bicyclic) bond motifs is 1. The highest BCUT2D eigenvalue weighted by atomic mass is 16.5. The molecule has 0 aliphatic heterocycles. The van der Waals surface area contributed by atoms with E-state index in [9.17, 15) is 5.11 Å². The highest BCUT2D eigenvalue weighted by Gasteiger charge is 2.16. The van der Waals surface area contributed by atoms with Gasteiger partial charge in [-0.3, -0.25) is 0 Å². The average molecular weight is 283 g/mol. The van der Waals surface area contributed by atoms with Gasteiger partial charge >= 0.3 is 0 Å². The van der Waals surface area contributed by atoms with Gasteiger partial charge in [0.25, 0.3) is 0 Å². The van der Waals surface area contributed by atoms with Gasteiger partial charge in [-0.1, -0.05) is 30.3 Å². The second-order valence-corrected chi connectivity index (χ2v) is 5.15. The normalized spacial score (nSPS) is 12.5. The third kappa shape index (κ3) is 3.06. The number of aliphatic hydroxyl groups excluding tert-OH is 1. The van der Waals surface area contributed by atoms with E-state index in [-0.39, 0.29) is 6.61 Å². The molecule has 1 atom stereocenters. The van der Waals surface area contributed by atoms with Gasteiger partial charge in [-0.15, -0.1) is 0 Å². The fraction of sp³-hybridized carbons (Fsp3) is 0.235. The van der Waals surface area contributed by atoms with Crippen molar-refractivity contribution in [1.29, 1.82) is 0 Å². The molecule has 0 aliphatic carbocycles. The lowest BCUT2D eigenvalue weighted by molar-refractivity contribution is -0.645. The molecule has 0 radical (unpaired) electrons. The van der Waals surface area contributed by atoms with Gasteiger partial charge in [0.15, 0.2) is 11.0 Å². The Morgan fingerprint density at radius 3 is 2.62 bits per heavy atom. The van der Waals surface area contributed by atoms with Crippen LogP contribution in [0.5, 0.6) is 5.75 Å². The van der Waals surface area contributed by atoms with Crippen molar-refractivity contribution in [3.8, 4) is 5.75 Å². The summed E-state index contributed by atoms with van der Waals surface area (Å²) in [6, 6.07) is 17.7. The predicted molar refractivity (Wildman–Crippen MR) is 81.1 cm³/mol. The molecule has 1 unspecified atom stereocenters. The molecular weight excluding hydrogens is 264 g/mol. The first kappa shape index (κ1) is 13.6. The highest BCUT2D eigenvalue weighted by molar-refractivity contribution is 5.71. The van der Waals surface area contributed by atoms with Crippen molar-refractivity contribution >= 4 is 11.0 Å². The van der Waals surface area contributed by atoms with Crippen LogP contribution in [-0.4, -0.2) is 22.4 Å². The summed E-state index contributed by atoms with van der Waals surface area (Å²) in [6.07, 6.45) is 1.44. The zero-order valence-corrected chi connectivity index (χ0v) is 12.0. The number of ether oxygens (including phenoxy) is 1. The van der Waals surface area contributed by atoms with E-state index in [1.165, 1.54) is 0 Å². The van der Waals surface area contributed by atoms with Crippen molar-refractivity contribution in [3.63, 3.8) is 0 Å². The van der Waals surface area contributed by atoms with Crippen molar-refractivity contribution in [1.82, 2.24) is 4.57 Å². The molecule has 4 nitrogen and oxygen atoms in total. The van der Waals surface area contributed by atoms with Crippen LogP contribution in [0.25, 0.3) is 11.0 Å². The minimum absolute atomic E-state index is 0.278. The van der Waals surface area contributed by atoms with Crippen LogP contribution in [0.1, 0.15) is 0 Å². The van der Waals surface area contributed by atoms with E-state index >= 15 is 0 Å². The molecule has 0 bridgehead atoms. The number of benzene rings is 2. The van der Waals surface area contributed by atoms with Gasteiger partial charge < -0.3 is 9.84 Å². The molecule has 1 aromatic heterocycles. The molecule has 0 spiro atoms. The minimum Gasteiger partial charge on any atom is -0.491 e. The molecule has 0 saturated heterocycles. The Morgan fingerprint density at radius 1 is 1.10 bits per heavy atom. The monoisotopic (exact) mass is 283 g/mol. The first-order valence-corrected chi connectivity index (χ1v) is 7.03. The molecule has 0 saturated carbocycles. The van der Waals surface area contributed by atoms with Crippen LogP contribution in [0.3, 0.4) is 0 Å². The maximum absolute atomic E-state index is 10.2. The lowest BCUT2D eigenvalue weighted by Gasteiger charge is -2.10. The molecule has 3 rings (SSSR count). The van der Waals surface area contributed by atoms with Crippen molar-refractivity contribution < 1.29 is 14.4 Å². The number of hydrogen-bond donors (Lipinski definition) is 1. The van der Waals surface area contributed by atoms with Gasteiger partial charge in [0.2, 0.25) is 6.33 Å². The molecule has 1 heterocycles. The Morgan fingerprint density at radius 2 is 1.81 bits per heavy atom. The van der Waals surface area contributed by atoms with Gasteiger partial charge in [-0.05, 0) is 24.3 Å². The second-order valence-electron chi connectivity index (χ2n) is 5.15. The number of aromatic nitrogens is 2. The SMILES string of the molecule is C[n+]1cn(CC(O)COc2ccccc2)c2ccccc21. The number of para-hydroxylation sites is 3. The largest absolute Gasteiger partial charge is 0.491 e. The standard InChI is InChI=1S/C17H19N2O2/c1-18-13-19(17-10-6-5-9-16(17)18)11-14(20)12-21-15-7-3-2-4-8-15/h2-10,13-14,20H,11-12H2,1H3/q+1. The van der Waals surface area contributed by atoms with Gasteiger partial charge in [0.05, 0.1) is 7.05 Å². The van der Waals surface area contributed by atoms with Crippen LogP contribution in [0.4, 0.5) is 0 Å². The quantitative estimate of drug-likeness (QED) is 0.726. The van der Waals surface area contributed by atoms with E-state index in [0.717, 1.165) is 16.8 Å². The molecule has 21 heavy (non-hydrogen) atoms. The zero-order chi connectivity index (χ0) is 14.7. The summed E-state index contributed by atoms with van der Waals surface area (Å²) in [4.78, 5) is 0. The van der Waals surface area contributed by atoms with E-state index in [2.05, 4.69) is 16.7 Å². The van der Waals surface area contributed by atoms with Gasteiger partial charge in [0.1, 0.15) is 25.0 Å². The van der Waals surface area contributed by atoms with E-state index in [1.54, 1.807) is 0 Å². The highest BCUT2D eigenvalue weighted by Crippen LogP contribution is 2.12. The Hall–Kier alpha value is -2.33. The summed E-state index contributed by atoms with van der Waals surface area (Å²) < 4.78 is 9.69. The van der Waals surface area contributed by atoms with Crippen molar-refractivity contribution in [2.45, 2.75) is 12.6 Å². The molecule has 2 aromatic carbocycles. The Bertz CT molecular complexity index is 722. The number of aliphatic hydroxyl groups is 1. The lowest BCUT2D eigenvalue weighted by atomic mass is 10.3. The molecule has 108 valence electrons. The van der Waals surface area contributed by atoms with Crippen LogP contribution < -0.4 is 9.30 Å². The van der Waals surface area contributed by atoms with Gasteiger partial charge in [0, 0.05) is 0 Å². The molecule has 4 heteroatoms. The average Bonchev–Trinajstić information content (AvgIpc) is 2.83.